The summed E-state index contributed by atoms with van der Waals surface area (Å²) < 4.78 is 27.7. The highest BCUT2D eigenvalue weighted by atomic mass is 32.2. The number of sulfonamides is 1. The molecule has 0 heterocycles. The third-order valence-electron chi connectivity index (χ3n) is 3.72. The van der Waals surface area contributed by atoms with Gasteiger partial charge in [-0.2, -0.15) is 0 Å². The highest BCUT2D eigenvalue weighted by Crippen LogP contribution is 2.26. The molecule has 2 N–H and O–H groups in total. The number of hydrogen-bond donors (Lipinski definition) is 2. The van der Waals surface area contributed by atoms with Crippen molar-refractivity contribution in [2.24, 2.45) is 0 Å². The summed E-state index contributed by atoms with van der Waals surface area (Å²) in [6, 6.07) is 13.4. The normalized spacial score (nSPS) is 14.6. The maximum Gasteiger partial charge on any atom is 0.262 e. The van der Waals surface area contributed by atoms with Crippen molar-refractivity contribution in [3.8, 4) is 0 Å². The summed E-state index contributed by atoms with van der Waals surface area (Å²) in [5.74, 6) is 0. The van der Waals surface area contributed by atoms with Crippen LogP contribution in [0.4, 0.5) is 11.4 Å². The second kappa shape index (κ2) is 5.65. The van der Waals surface area contributed by atoms with E-state index in [4.69, 9.17) is 0 Å². The van der Waals surface area contributed by atoms with Gasteiger partial charge in [-0.25, -0.2) is 8.42 Å². The van der Waals surface area contributed by atoms with E-state index in [0.29, 0.717) is 16.6 Å². The fourth-order valence-corrected chi connectivity index (χ4v) is 3.69. The van der Waals surface area contributed by atoms with Crippen LogP contribution in [0.15, 0.2) is 47.4 Å². The van der Waals surface area contributed by atoms with Crippen LogP contribution in [0.3, 0.4) is 0 Å². The molecule has 2 aromatic carbocycles. The molecule has 5 heteroatoms. The van der Waals surface area contributed by atoms with E-state index in [1.165, 1.54) is 12.8 Å². The van der Waals surface area contributed by atoms with Crippen LogP contribution in [-0.4, -0.2) is 14.5 Å². The first kappa shape index (κ1) is 14.9. The Labute approximate surface area is 131 Å². The average molecular weight is 316 g/mol. The zero-order valence-electron chi connectivity index (χ0n) is 12.8. The van der Waals surface area contributed by atoms with Gasteiger partial charge in [0.25, 0.3) is 10.0 Å². The first-order valence-corrected chi connectivity index (χ1v) is 8.89. The predicted molar refractivity (Wildman–Crippen MR) is 89.8 cm³/mol. The summed E-state index contributed by atoms with van der Waals surface area (Å²) in [4.78, 5) is 0.327. The fraction of sp³-hybridized carbons (Fsp3) is 0.294. The molecular weight excluding hydrogens is 296 g/mol. The third-order valence-corrected chi connectivity index (χ3v) is 5.24. The molecule has 1 aliphatic rings. The van der Waals surface area contributed by atoms with E-state index in [1.54, 1.807) is 25.1 Å². The molecule has 3 rings (SSSR count). The minimum Gasteiger partial charge on any atom is -0.382 e. The number of benzene rings is 2. The molecular formula is C17H20N2O2S. The molecule has 0 saturated heterocycles. The largest absolute Gasteiger partial charge is 0.382 e. The van der Waals surface area contributed by atoms with Crippen LogP contribution in [0.5, 0.6) is 0 Å². The van der Waals surface area contributed by atoms with Gasteiger partial charge in [0.05, 0.1) is 4.90 Å². The fourth-order valence-electron chi connectivity index (χ4n) is 2.30. The molecule has 0 atom stereocenters. The summed E-state index contributed by atoms with van der Waals surface area (Å²) >= 11 is 0. The van der Waals surface area contributed by atoms with Crippen molar-refractivity contribution < 1.29 is 8.42 Å². The molecule has 0 radical (unpaired) electrons. The maximum atomic E-state index is 12.5. The smallest absolute Gasteiger partial charge is 0.262 e. The Morgan fingerprint density at radius 3 is 2.23 bits per heavy atom. The first-order chi connectivity index (χ1) is 10.4. The summed E-state index contributed by atoms with van der Waals surface area (Å²) in [7, 11) is -3.56. The van der Waals surface area contributed by atoms with Gasteiger partial charge in [-0.15, -0.1) is 0 Å². The van der Waals surface area contributed by atoms with Gasteiger partial charge >= 0.3 is 0 Å². The zero-order valence-corrected chi connectivity index (χ0v) is 13.6. The number of anilines is 2. The number of hydrogen-bond acceptors (Lipinski definition) is 3. The van der Waals surface area contributed by atoms with Crippen LogP contribution >= 0.6 is 0 Å². The molecule has 0 spiro atoms. The predicted octanol–water partition coefficient (Wildman–Crippen LogP) is 3.68. The highest BCUT2D eigenvalue weighted by Gasteiger charge is 2.21. The molecule has 1 fully saturated rings. The average Bonchev–Trinajstić information content (AvgIpc) is 3.27. The SMILES string of the molecule is Cc1ccc(C)c(S(=O)(=O)Nc2ccc(NC3CC3)cc2)c1. The summed E-state index contributed by atoms with van der Waals surface area (Å²) in [6.45, 7) is 3.69. The monoisotopic (exact) mass is 316 g/mol. The Balaban J connectivity index is 1.79. The summed E-state index contributed by atoms with van der Waals surface area (Å²) in [6.07, 6.45) is 2.42. The van der Waals surface area contributed by atoms with Gasteiger partial charge in [0.1, 0.15) is 0 Å². The van der Waals surface area contributed by atoms with Crippen molar-refractivity contribution in [2.75, 3.05) is 10.0 Å². The molecule has 22 heavy (non-hydrogen) atoms. The van der Waals surface area contributed by atoms with E-state index in [9.17, 15) is 8.42 Å². The van der Waals surface area contributed by atoms with Crippen molar-refractivity contribution >= 4 is 21.4 Å². The van der Waals surface area contributed by atoms with Crippen molar-refractivity contribution in [3.05, 3.63) is 53.6 Å². The maximum absolute atomic E-state index is 12.5. The molecule has 0 amide bonds. The first-order valence-electron chi connectivity index (χ1n) is 7.41. The van der Waals surface area contributed by atoms with E-state index in [2.05, 4.69) is 10.0 Å². The molecule has 0 bridgehead atoms. The lowest BCUT2D eigenvalue weighted by Crippen LogP contribution is -2.14. The van der Waals surface area contributed by atoms with E-state index >= 15 is 0 Å². The third kappa shape index (κ3) is 3.42. The quantitative estimate of drug-likeness (QED) is 0.884. The van der Waals surface area contributed by atoms with Crippen molar-refractivity contribution in [2.45, 2.75) is 37.6 Å². The van der Waals surface area contributed by atoms with Crippen molar-refractivity contribution in [1.29, 1.82) is 0 Å². The highest BCUT2D eigenvalue weighted by molar-refractivity contribution is 7.92. The minimum atomic E-state index is -3.56. The van der Waals surface area contributed by atoms with Gasteiger partial charge in [0.15, 0.2) is 0 Å². The van der Waals surface area contributed by atoms with Gasteiger partial charge in [0, 0.05) is 17.4 Å². The van der Waals surface area contributed by atoms with Gasteiger partial charge in [-0.3, -0.25) is 4.72 Å². The molecule has 1 aliphatic carbocycles. The Bertz CT molecular complexity index is 779. The molecule has 1 saturated carbocycles. The molecule has 116 valence electrons. The van der Waals surface area contributed by atoms with E-state index in [1.807, 2.05) is 31.2 Å². The molecule has 2 aromatic rings. The summed E-state index contributed by atoms with van der Waals surface area (Å²) in [5.41, 5.74) is 3.26. The summed E-state index contributed by atoms with van der Waals surface area (Å²) in [5, 5.41) is 3.38. The standard InChI is InChI=1S/C17H20N2O2S/c1-12-3-4-13(2)17(11-12)22(20,21)19-16-9-7-15(8-10-16)18-14-5-6-14/h3-4,7-11,14,18-19H,5-6H2,1-2H3. The van der Waals surface area contributed by atoms with Crippen LogP contribution in [0.25, 0.3) is 0 Å². The second-order valence-corrected chi connectivity index (χ2v) is 7.52. The lowest BCUT2D eigenvalue weighted by Gasteiger charge is -2.12. The molecule has 0 unspecified atom stereocenters. The van der Waals surface area contributed by atoms with Gasteiger partial charge in [-0.05, 0) is 68.1 Å². The van der Waals surface area contributed by atoms with Crippen LogP contribution in [0.1, 0.15) is 24.0 Å². The van der Waals surface area contributed by atoms with Crippen LogP contribution in [0.2, 0.25) is 0 Å². The lowest BCUT2D eigenvalue weighted by atomic mass is 10.2. The Morgan fingerprint density at radius 2 is 1.59 bits per heavy atom. The number of rotatable bonds is 5. The molecule has 4 nitrogen and oxygen atoms in total. The lowest BCUT2D eigenvalue weighted by molar-refractivity contribution is 0.600. The van der Waals surface area contributed by atoms with Gasteiger partial charge < -0.3 is 5.32 Å². The molecule has 0 aliphatic heterocycles. The van der Waals surface area contributed by atoms with Crippen LogP contribution in [0, 0.1) is 13.8 Å². The van der Waals surface area contributed by atoms with Gasteiger partial charge in [0.2, 0.25) is 0 Å². The van der Waals surface area contributed by atoms with E-state index in [-0.39, 0.29) is 0 Å². The topological polar surface area (TPSA) is 58.2 Å². The van der Waals surface area contributed by atoms with E-state index in [0.717, 1.165) is 16.8 Å². The van der Waals surface area contributed by atoms with Crippen molar-refractivity contribution in [3.63, 3.8) is 0 Å². The Hall–Kier alpha value is -2.01. The van der Waals surface area contributed by atoms with Crippen LogP contribution in [-0.2, 0) is 10.0 Å². The number of nitrogens with one attached hydrogen (secondary N) is 2. The second-order valence-electron chi connectivity index (χ2n) is 5.87. The Kier molecular flexibility index (Phi) is 3.83. The molecule has 0 aromatic heterocycles. The van der Waals surface area contributed by atoms with Gasteiger partial charge in [-0.1, -0.05) is 12.1 Å². The van der Waals surface area contributed by atoms with E-state index < -0.39 is 10.0 Å². The zero-order chi connectivity index (χ0) is 15.7. The Morgan fingerprint density at radius 1 is 0.955 bits per heavy atom. The number of aryl methyl sites for hydroxylation is 2. The minimum absolute atomic E-state index is 0.327. The van der Waals surface area contributed by atoms with Crippen molar-refractivity contribution in [1.82, 2.24) is 0 Å². The van der Waals surface area contributed by atoms with Crippen LogP contribution < -0.4 is 10.0 Å².